The highest BCUT2D eigenvalue weighted by atomic mass is 32.1. The molecule has 0 spiro atoms. The molecule has 0 aliphatic carbocycles. The predicted molar refractivity (Wildman–Crippen MR) is 55.8 cm³/mol. The molecule has 0 radical (unpaired) electrons. The first-order valence-electron chi connectivity index (χ1n) is 4.36. The van der Waals surface area contributed by atoms with Crippen molar-refractivity contribution in [3.05, 3.63) is 46.0 Å². The van der Waals surface area contributed by atoms with Crippen LogP contribution in [0.5, 0.6) is 0 Å². The summed E-state index contributed by atoms with van der Waals surface area (Å²) in [6.45, 7) is 1.88. The van der Waals surface area contributed by atoms with Crippen LogP contribution in [0, 0.1) is 6.92 Å². The van der Waals surface area contributed by atoms with Gasteiger partial charge in [-0.2, -0.15) is 0 Å². The zero-order chi connectivity index (χ0) is 9.97. The van der Waals surface area contributed by atoms with Crippen LogP contribution in [0.25, 0.3) is 0 Å². The largest absolute Gasteiger partial charge is 0.472 e. The van der Waals surface area contributed by atoms with Crippen LogP contribution in [-0.2, 0) is 6.42 Å². The first-order chi connectivity index (χ1) is 6.77. The van der Waals surface area contributed by atoms with E-state index in [0.717, 1.165) is 10.4 Å². The predicted octanol–water partition coefficient (Wildman–Crippen LogP) is 3.07. The van der Waals surface area contributed by atoms with Gasteiger partial charge in [-0.15, -0.1) is 11.3 Å². The molecule has 2 heterocycles. The van der Waals surface area contributed by atoms with Crippen LogP contribution in [0.3, 0.4) is 0 Å². The van der Waals surface area contributed by atoms with Crippen molar-refractivity contribution in [2.45, 2.75) is 13.3 Å². The van der Waals surface area contributed by atoms with E-state index >= 15 is 0 Å². The summed E-state index contributed by atoms with van der Waals surface area (Å²) in [7, 11) is 0. The number of carbonyl (C=O) groups is 1. The van der Waals surface area contributed by atoms with Crippen LogP contribution in [-0.4, -0.2) is 5.78 Å². The Balaban J connectivity index is 2.14. The highest BCUT2D eigenvalue weighted by molar-refractivity contribution is 7.10. The second-order valence-corrected chi connectivity index (χ2v) is 4.18. The van der Waals surface area contributed by atoms with Crippen molar-refractivity contribution < 1.29 is 9.21 Å². The number of hydrogen-bond donors (Lipinski definition) is 0. The molecule has 0 amide bonds. The van der Waals surface area contributed by atoms with Crippen molar-refractivity contribution in [3.63, 3.8) is 0 Å². The molecule has 2 aromatic rings. The Morgan fingerprint density at radius 1 is 1.50 bits per heavy atom. The molecule has 0 fully saturated rings. The van der Waals surface area contributed by atoms with Gasteiger partial charge in [-0.25, -0.2) is 0 Å². The van der Waals surface area contributed by atoms with E-state index in [1.165, 1.54) is 6.26 Å². The van der Waals surface area contributed by atoms with E-state index in [1.807, 2.05) is 24.4 Å². The van der Waals surface area contributed by atoms with Crippen LogP contribution in [0.15, 0.2) is 34.5 Å². The third-order valence-corrected chi connectivity index (χ3v) is 2.95. The fourth-order valence-corrected chi connectivity index (χ4v) is 2.02. The van der Waals surface area contributed by atoms with Gasteiger partial charge in [0.05, 0.1) is 11.8 Å². The summed E-state index contributed by atoms with van der Waals surface area (Å²) in [5.74, 6) is 0.124. The second kappa shape index (κ2) is 3.80. The molecule has 0 aliphatic rings. The van der Waals surface area contributed by atoms with Crippen molar-refractivity contribution in [3.8, 4) is 0 Å². The Kier molecular flexibility index (Phi) is 2.50. The molecule has 2 nitrogen and oxygen atoms in total. The zero-order valence-electron chi connectivity index (χ0n) is 7.82. The molecular formula is C11H10O2S. The van der Waals surface area contributed by atoms with Crippen LogP contribution < -0.4 is 0 Å². The molecule has 0 unspecified atom stereocenters. The minimum atomic E-state index is 0.124. The lowest BCUT2D eigenvalue weighted by atomic mass is 10.1. The Morgan fingerprint density at radius 2 is 2.36 bits per heavy atom. The lowest BCUT2D eigenvalue weighted by molar-refractivity contribution is 0.0992. The van der Waals surface area contributed by atoms with Crippen molar-refractivity contribution in [1.82, 2.24) is 0 Å². The zero-order valence-corrected chi connectivity index (χ0v) is 8.64. The van der Waals surface area contributed by atoms with Crippen LogP contribution in [0.2, 0.25) is 0 Å². The number of carbonyl (C=O) groups excluding carboxylic acids is 1. The van der Waals surface area contributed by atoms with Gasteiger partial charge < -0.3 is 4.42 Å². The topological polar surface area (TPSA) is 30.2 Å². The van der Waals surface area contributed by atoms with E-state index in [9.17, 15) is 4.79 Å². The normalized spacial score (nSPS) is 10.4. The van der Waals surface area contributed by atoms with Crippen LogP contribution >= 0.6 is 11.3 Å². The van der Waals surface area contributed by atoms with Crippen LogP contribution in [0.1, 0.15) is 20.8 Å². The highest BCUT2D eigenvalue weighted by Gasteiger charge is 2.11. The third-order valence-electron chi connectivity index (χ3n) is 2.07. The van der Waals surface area contributed by atoms with Gasteiger partial charge in [0.25, 0.3) is 0 Å². The van der Waals surface area contributed by atoms with Crippen molar-refractivity contribution in [1.29, 1.82) is 0 Å². The molecule has 0 saturated carbocycles. The Labute approximate surface area is 86.2 Å². The molecule has 0 N–H and O–H groups in total. The summed E-state index contributed by atoms with van der Waals surface area (Å²) >= 11 is 1.60. The molecular weight excluding hydrogens is 196 g/mol. The molecule has 0 atom stereocenters. The van der Waals surface area contributed by atoms with Gasteiger partial charge in [-0.05, 0) is 23.9 Å². The smallest absolute Gasteiger partial charge is 0.171 e. The molecule has 0 bridgehead atoms. The second-order valence-electron chi connectivity index (χ2n) is 3.15. The maximum Gasteiger partial charge on any atom is 0.171 e. The van der Waals surface area contributed by atoms with E-state index in [-0.39, 0.29) is 5.78 Å². The molecule has 2 rings (SSSR count). The average molecular weight is 206 g/mol. The molecule has 0 aromatic carbocycles. The molecule has 2 aromatic heterocycles. The third kappa shape index (κ3) is 1.77. The van der Waals surface area contributed by atoms with E-state index in [1.54, 1.807) is 17.6 Å². The number of thiophene rings is 1. The van der Waals surface area contributed by atoms with E-state index < -0.39 is 0 Å². The molecule has 0 aliphatic heterocycles. The first-order valence-corrected chi connectivity index (χ1v) is 5.23. The molecule has 14 heavy (non-hydrogen) atoms. The highest BCUT2D eigenvalue weighted by Crippen LogP contribution is 2.15. The molecule has 72 valence electrons. The minimum Gasteiger partial charge on any atom is -0.472 e. The monoisotopic (exact) mass is 206 g/mol. The number of Topliss-reactive ketones (excluding diaryl/α,β-unsaturated/α-hetero) is 1. The number of hydrogen-bond acceptors (Lipinski definition) is 3. The summed E-state index contributed by atoms with van der Waals surface area (Å²) in [4.78, 5) is 12.8. The van der Waals surface area contributed by atoms with E-state index in [2.05, 4.69) is 0 Å². The maximum atomic E-state index is 11.7. The van der Waals surface area contributed by atoms with Gasteiger partial charge in [0.1, 0.15) is 6.26 Å². The first kappa shape index (κ1) is 9.21. The number of ketones is 1. The summed E-state index contributed by atoms with van der Waals surface area (Å²) < 4.78 is 4.97. The van der Waals surface area contributed by atoms with Gasteiger partial charge >= 0.3 is 0 Å². The summed E-state index contributed by atoms with van der Waals surface area (Å²) in [6, 6.07) is 3.92. The number of rotatable bonds is 3. The Hall–Kier alpha value is -1.35. The van der Waals surface area contributed by atoms with Gasteiger partial charge in [0.15, 0.2) is 5.78 Å². The maximum absolute atomic E-state index is 11.7. The van der Waals surface area contributed by atoms with Gasteiger partial charge in [-0.3, -0.25) is 4.79 Å². The Bertz CT molecular complexity index is 426. The SMILES string of the molecule is Cc1cocc1C(=O)Cc1cccs1. The summed E-state index contributed by atoms with van der Waals surface area (Å²) in [5, 5.41) is 1.98. The fraction of sp³-hybridized carbons (Fsp3) is 0.182. The van der Waals surface area contributed by atoms with Crippen molar-refractivity contribution >= 4 is 17.1 Å². The Morgan fingerprint density at radius 3 is 2.93 bits per heavy atom. The average Bonchev–Trinajstić information content (AvgIpc) is 2.75. The number of aryl methyl sites for hydroxylation is 1. The fourth-order valence-electron chi connectivity index (χ4n) is 1.31. The van der Waals surface area contributed by atoms with Gasteiger partial charge in [0, 0.05) is 11.3 Å². The lowest BCUT2D eigenvalue weighted by Crippen LogP contribution is -2.02. The number of furan rings is 1. The van der Waals surface area contributed by atoms with Crippen LogP contribution in [0.4, 0.5) is 0 Å². The van der Waals surface area contributed by atoms with E-state index in [4.69, 9.17) is 4.42 Å². The van der Waals surface area contributed by atoms with Gasteiger partial charge in [0.2, 0.25) is 0 Å². The summed E-state index contributed by atoms with van der Waals surface area (Å²) in [5.41, 5.74) is 1.60. The summed E-state index contributed by atoms with van der Waals surface area (Å²) in [6.07, 6.45) is 3.59. The minimum absolute atomic E-state index is 0.124. The standard InChI is InChI=1S/C11H10O2S/c1-8-6-13-7-10(8)11(12)5-9-3-2-4-14-9/h2-4,6-7H,5H2,1H3. The quantitative estimate of drug-likeness (QED) is 0.722. The molecule has 3 heteroatoms. The van der Waals surface area contributed by atoms with E-state index in [0.29, 0.717) is 12.0 Å². The van der Waals surface area contributed by atoms with Gasteiger partial charge in [-0.1, -0.05) is 6.07 Å². The van der Waals surface area contributed by atoms with Crippen molar-refractivity contribution in [2.75, 3.05) is 0 Å². The molecule has 0 saturated heterocycles. The van der Waals surface area contributed by atoms with Crippen molar-refractivity contribution in [2.24, 2.45) is 0 Å². The lowest BCUT2D eigenvalue weighted by Gasteiger charge is -1.95.